The standard InChI is InChI=1S/C13H9N3O4S/c17-13(9-3-5-16(18)6-4-9)19-8-11-14-12(15-20-11)10-2-1-7-21-10/h1-7H,8H2. The van der Waals surface area contributed by atoms with Crippen LogP contribution in [0.5, 0.6) is 0 Å². The van der Waals surface area contributed by atoms with Crippen molar-refractivity contribution in [1.82, 2.24) is 10.1 Å². The molecule has 0 N–H and O–H groups in total. The van der Waals surface area contributed by atoms with E-state index in [0.717, 1.165) is 4.88 Å². The first-order valence-electron chi connectivity index (χ1n) is 5.95. The second-order valence-electron chi connectivity index (χ2n) is 4.01. The van der Waals surface area contributed by atoms with Gasteiger partial charge in [0.05, 0.1) is 10.4 Å². The largest absolute Gasteiger partial charge is 0.619 e. The fourth-order valence-electron chi connectivity index (χ4n) is 1.58. The Bertz CT molecular complexity index is 737. The van der Waals surface area contributed by atoms with Crippen LogP contribution in [-0.4, -0.2) is 16.1 Å². The summed E-state index contributed by atoms with van der Waals surface area (Å²) in [6.45, 7) is -0.122. The Morgan fingerprint density at radius 2 is 2.19 bits per heavy atom. The fraction of sp³-hybridized carbons (Fsp3) is 0.0769. The summed E-state index contributed by atoms with van der Waals surface area (Å²) in [6.07, 6.45) is 2.44. The van der Waals surface area contributed by atoms with Gasteiger partial charge in [0, 0.05) is 12.1 Å². The summed E-state index contributed by atoms with van der Waals surface area (Å²) in [7, 11) is 0. The van der Waals surface area contributed by atoms with Gasteiger partial charge < -0.3 is 14.5 Å². The minimum atomic E-state index is -0.563. The number of pyridine rings is 1. The number of aromatic nitrogens is 3. The molecular weight excluding hydrogens is 294 g/mol. The lowest BCUT2D eigenvalue weighted by molar-refractivity contribution is -0.605. The average molecular weight is 303 g/mol. The molecule has 0 saturated heterocycles. The van der Waals surface area contributed by atoms with Crippen LogP contribution in [0.15, 0.2) is 46.6 Å². The lowest BCUT2D eigenvalue weighted by Crippen LogP contribution is -2.24. The number of hydrogen-bond donors (Lipinski definition) is 0. The van der Waals surface area contributed by atoms with Gasteiger partial charge in [-0.05, 0) is 11.4 Å². The van der Waals surface area contributed by atoms with Crippen molar-refractivity contribution in [2.45, 2.75) is 6.61 Å². The highest BCUT2D eigenvalue weighted by molar-refractivity contribution is 7.13. The summed E-state index contributed by atoms with van der Waals surface area (Å²) in [6, 6.07) is 6.50. The van der Waals surface area contributed by atoms with E-state index in [0.29, 0.717) is 10.6 Å². The Balaban J connectivity index is 1.62. The molecule has 0 saturated carbocycles. The summed E-state index contributed by atoms with van der Waals surface area (Å²) < 4.78 is 10.6. The Hall–Kier alpha value is -2.74. The first-order valence-corrected chi connectivity index (χ1v) is 6.83. The Kier molecular flexibility index (Phi) is 3.61. The van der Waals surface area contributed by atoms with E-state index in [-0.39, 0.29) is 18.1 Å². The number of carbonyl (C=O) groups excluding carboxylic acids is 1. The van der Waals surface area contributed by atoms with Crippen LogP contribution >= 0.6 is 11.3 Å². The summed E-state index contributed by atoms with van der Waals surface area (Å²) >= 11 is 1.49. The van der Waals surface area contributed by atoms with Crippen LogP contribution in [0.3, 0.4) is 0 Å². The number of nitrogens with zero attached hydrogens (tertiary/aromatic N) is 3. The molecule has 3 heterocycles. The second-order valence-corrected chi connectivity index (χ2v) is 4.96. The van der Waals surface area contributed by atoms with Crippen LogP contribution in [0.2, 0.25) is 0 Å². The number of ether oxygens (including phenoxy) is 1. The fourth-order valence-corrected chi connectivity index (χ4v) is 2.23. The number of carbonyl (C=O) groups is 1. The molecule has 0 aromatic carbocycles. The lowest BCUT2D eigenvalue weighted by Gasteiger charge is -2.01. The molecule has 0 spiro atoms. The SMILES string of the molecule is O=C(OCc1nc(-c2cccs2)no1)c1cc[n+]([O-])cc1. The van der Waals surface area contributed by atoms with Crippen LogP contribution < -0.4 is 4.73 Å². The molecule has 7 nitrogen and oxygen atoms in total. The van der Waals surface area contributed by atoms with Crippen LogP contribution in [0.4, 0.5) is 0 Å². The van der Waals surface area contributed by atoms with Gasteiger partial charge in [-0.25, -0.2) is 4.79 Å². The van der Waals surface area contributed by atoms with Gasteiger partial charge in [-0.15, -0.1) is 11.3 Å². The van der Waals surface area contributed by atoms with Crippen LogP contribution in [0, 0.1) is 5.21 Å². The van der Waals surface area contributed by atoms with Gasteiger partial charge in [0.1, 0.15) is 0 Å². The predicted molar refractivity (Wildman–Crippen MR) is 72.1 cm³/mol. The van der Waals surface area contributed by atoms with E-state index in [1.807, 2.05) is 17.5 Å². The normalized spacial score (nSPS) is 10.5. The highest BCUT2D eigenvalue weighted by Gasteiger charge is 2.13. The molecule has 8 heteroatoms. The van der Waals surface area contributed by atoms with Gasteiger partial charge in [0.15, 0.2) is 19.0 Å². The quantitative estimate of drug-likeness (QED) is 0.414. The van der Waals surface area contributed by atoms with Crippen molar-refractivity contribution in [3.63, 3.8) is 0 Å². The molecule has 106 valence electrons. The van der Waals surface area contributed by atoms with E-state index >= 15 is 0 Å². The Morgan fingerprint density at radius 3 is 2.90 bits per heavy atom. The third-order valence-corrected chi connectivity index (χ3v) is 3.44. The maximum atomic E-state index is 11.7. The zero-order valence-corrected chi connectivity index (χ0v) is 11.4. The molecule has 0 aliphatic rings. The maximum Gasteiger partial charge on any atom is 0.339 e. The number of thiophene rings is 1. The highest BCUT2D eigenvalue weighted by atomic mass is 32.1. The van der Waals surface area contributed by atoms with Crippen molar-refractivity contribution in [3.8, 4) is 10.7 Å². The average Bonchev–Trinajstić information content (AvgIpc) is 3.16. The molecular formula is C13H9N3O4S. The molecule has 0 unspecified atom stereocenters. The summed E-state index contributed by atoms with van der Waals surface area (Å²) in [4.78, 5) is 16.8. The van der Waals surface area contributed by atoms with Crippen molar-refractivity contribution in [1.29, 1.82) is 0 Å². The van der Waals surface area contributed by atoms with Crippen LogP contribution in [0.1, 0.15) is 16.2 Å². The minimum absolute atomic E-state index is 0.122. The van der Waals surface area contributed by atoms with Gasteiger partial charge in [-0.2, -0.15) is 9.71 Å². The zero-order chi connectivity index (χ0) is 14.7. The summed E-state index contributed by atoms with van der Waals surface area (Å²) in [5, 5.41) is 16.6. The van der Waals surface area contributed by atoms with E-state index in [9.17, 15) is 10.0 Å². The monoisotopic (exact) mass is 303 g/mol. The zero-order valence-electron chi connectivity index (χ0n) is 10.6. The van der Waals surface area contributed by atoms with E-state index in [4.69, 9.17) is 9.26 Å². The van der Waals surface area contributed by atoms with E-state index in [1.54, 1.807) is 0 Å². The topological polar surface area (TPSA) is 92.2 Å². The van der Waals surface area contributed by atoms with Gasteiger partial charge >= 0.3 is 5.97 Å². The van der Waals surface area contributed by atoms with Crippen molar-refractivity contribution in [3.05, 3.63) is 58.7 Å². The van der Waals surface area contributed by atoms with Gasteiger partial charge in [0.25, 0.3) is 5.89 Å². The van der Waals surface area contributed by atoms with Crippen LogP contribution in [0.25, 0.3) is 10.7 Å². The predicted octanol–water partition coefficient (Wildman–Crippen LogP) is 1.79. The molecule has 0 radical (unpaired) electrons. The Morgan fingerprint density at radius 1 is 1.38 bits per heavy atom. The minimum Gasteiger partial charge on any atom is -0.619 e. The highest BCUT2D eigenvalue weighted by Crippen LogP contribution is 2.21. The number of hydrogen-bond acceptors (Lipinski definition) is 7. The first-order chi connectivity index (χ1) is 10.2. The molecule has 0 aliphatic carbocycles. The van der Waals surface area contributed by atoms with Crippen molar-refractivity contribution < 1.29 is 18.8 Å². The van der Waals surface area contributed by atoms with Gasteiger partial charge in [-0.3, -0.25) is 0 Å². The van der Waals surface area contributed by atoms with E-state index in [1.165, 1.54) is 35.9 Å². The van der Waals surface area contributed by atoms with Crippen LogP contribution in [-0.2, 0) is 11.3 Å². The second kappa shape index (κ2) is 5.71. The third kappa shape index (κ3) is 3.06. The smallest absolute Gasteiger partial charge is 0.339 e. The van der Waals surface area contributed by atoms with Crippen molar-refractivity contribution >= 4 is 17.3 Å². The molecule has 21 heavy (non-hydrogen) atoms. The molecule has 3 rings (SSSR count). The summed E-state index contributed by atoms with van der Waals surface area (Å²) in [5.41, 5.74) is 0.278. The molecule has 3 aromatic rings. The summed E-state index contributed by atoms with van der Waals surface area (Å²) in [5.74, 6) is 0.108. The maximum absolute atomic E-state index is 11.7. The molecule has 0 amide bonds. The van der Waals surface area contributed by atoms with E-state index < -0.39 is 5.97 Å². The van der Waals surface area contributed by atoms with E-state index in [2.05, 4.69) is 10.1 Å². The molecule has 0 bridgehead atoms. The Labute approximate surface area is 123 Å². The number of rotatable bonds is 4. The van der Waals surface area contributed by atoms with Crippen molar-refractivity contribution in [2.24, 2.45) is 0 Å². The molecule has 3 aromatic heterocycles. The third-order valence-electron chi connectivity index (χ3n) is 2.57. The molecule has 0 atom stereocenters. The molecule has 0 aliphatic heterocycles. The van der Waals surface area contributed by atoms with Crippen molar-refractivity contribution in [2.75, 3.05) is 0 Å². The lowest BCUT2D eigenvalue weighted by atomic mass is 10.3. The first kappa shape index (κ1) is 13.3. The number of esters is 1. The molecule has 0 fully saturated rings. The van der Waals surface area contributed by atoms with Gasteiger partial charge in [0.2, 0.25) is 5.82 Å². The van der Waals surface area contributed by atoms with Gasteiger partial charge in [-0.1, -0.05) is 11.2 Å².